The number of nitrogens with zero attached hydrogens (tertiary/aromatic N) is 4. The van der Waals surface area contributed by atoms with Crippen LogP contribution in [-0.4, -0.2) is 60.2 Å². The average molecular weight is 614 g/mol. The predicted molar refractivity (Wildman–Crippen MR) is 177 cm³/mol. The lowest BCUT2D eigenvalue weighted by Gasteiger charge is -2.33. The molecule has 1 aromatic carbocycles. The van der Waals surface area contributed by atoms with Gasteiger partial charge in [-0.3, -0.25) is 9.69 Å². The monoisotopic (exact) mass is 613 g/mol. The maximum absolute atomic E-state index is 15.6. The Morgan fingerprint density at radius 2 is 1.70 bits per heavy atom. The number of aromatic nitrogens is 3. The van der Waals surface area contributed by atoms with Crippen molar-refractivity contribution in [1.82, 2.24) is 15.0 Å². The number of halogens is 1. The molecule has 0 fully saturated rings. The van der Waals surface area contributed by atoms with Crippen LogP contribution in [0.1, 0.15) is 92.4 Å². The fourth-order valence-corrected chi connectivity index (χ4v) is 5.79. The van der Waals surface area contributed by atoms with E-state index in [4.69, 9.17) is 14.5 Å². The highest BCUT2D eigenvalue weighted by Gasteiger charge is 2.29. The third-order valence-electron chi connectivity index (χ3n) is 9.00. The maximum atomic E-state index is 15.6. The predicted octanol–water partition coefficient (Wildman–Crippen LogP) is 8.25. The lowest BCUT2D eigenvalue weighted by Crippen LogP contribution is -2.34. The molecular formula is C34H52FN5O4. The Balaban J connectivity index is 2.23. The van der Waals surface area contributed by atoms with Crippen molar-refractivity contribution in [3.63, 3.8) is 0 Å². The Morgan fingerprint density at radius 1 is 1.07 bits per heavy atom. The number of nitrogens with one attached hydrogen (secondary N) is 1. The first-order valence-electron chi connectivity index (χ1n) is 15.8. The van der Waals surface area contributed by atoms with E-state index in [1.165, 1.54) is 25.1 Å². The summed E-state index contributed by atoms with van der Waals surface area (Å²) in [6, 6.07) is 1.32. The molecule has 0 aliphatic carbocycles. The number of hydrogen-bond acceptors (Lipinski definition) is 7. The van der Waals surface area contributed by atoms with Crippen molar-refractivity contribution in [2.75, 3.05) is 37.0 Å². The van der Waals surface area contributed by atoms with E-state index in [0.29, 0.717) is 76.7 Å². The summed E-state index contributed by atoms with van der Waals surface area (Å²) in [5.41, 5.74) is 0.106. The van der Waals surface area contributed by atoms with Gasteiger partial charge in [-0.2, -0.15) is 9.97 Å². The van der Waals surface area contributed by atoms with Crippen LogP contribution in [0.25, 0.3) is 21.9 Å². The van der Waals surface area contributed by atoms with E-state index < -0.39 is 17.5 Å². The summed E-state index contributed by atoms with van der Waals surface area (Å²) >= 11 is 0. The zero-order valence-electron chi connectivity index (χ0n) is 28.7. The van der Waals surface area contributed by atoms with Crippen molar-refractivity contribution in [3.8, 4) is 6.01 Å². The van der Waals surface area contributed by atoms with Crippen molar-refractivity contribution in [2.24, 2.45) is 29.6 Å². The molecule has 244 valence electrons. The molecule has 0 radical (unpaired) electrons. The summed E-state index contributed by atoms with van der Waals surface area (Å²) in [6.45, 7) is 22.5. The highest BCUT2D eigenvalue weighted by atomic mass is 19.1. The van der Waals surface area contributed by atoms with Gasteiger partial charge in [0, 0.05) is 31.6 Å². The fraction of sp³-hybridized carbons (Fsp3) is 0.647. The van der Waals surface area contributed by atoms with Crippen molar-refractivity contribution in [3.05, 3.63) is 17.4 Å². The first kappa shape index (κ1) is 35.1. The Morgan fingerprint density at radius 3 is 2.25 bits per heavy atom. The van der Waals surface area contributed by atoms with Crippen LogP contribution < -0.4 is 14.5 Å². The van der Waals surface area contributed by atoms with Crippen LogP contribution in [0.2, 0.25) is 0 Å². The first-order valence-corrected chi connectivity index (χ1v) is 15.8. The maximum Gasteiger partial charge on any atom is 0.414 e. The molecule has 0 spiro atoms. The van der Waals surface area contributed by atoms with Gasteiger partial charge < -0.3 is 19.4 Å². The number of carbonyl (C=O) groups is 2. The van der Waals surface area contributed by atoms with Gasteiger partial charge in [-0.05, 0) is 56.8 Å². The summed E-state index contributed by atoms with van der Waals surface area (Å²) in [5.74, 6) is 2.30. The molecule has 3 rings (SSSR count). The van der Waals surface area contributed by atoms with Crippen LogP contribution in [0, 0.1) is 35.4 Å². The number of benzene rings is 1. The molecule has 1 N–H and O–H groups in total. The standard InChI is InChI=1S/C34H52FN5O4/c1-13-20(4)22(6)23(7)21(5)14-15-40(17-19(2)3)31-28-27-24(18-41)25(35)16-26(39(11)33(42)44-34(8,9)10)29(27)36-30(28)37-32(38-31)43-12/h16,18-23H,13-15,17H2,1-12H3,(H,36,37,38)/t20-,21+,22-,23+/m0/s1. The number of hydrogen-bond donors (Lipinski definition) is 1. The highest BCUT2D eigenvalue weighted by molar-refractivity contribution is 6.21. The molecule has 0 unspecified atom stereocenters. The molecule has 0 aliphatic heterocycles. The zero-order valence-corrected chi connectivity index (χ0v) is 28.7. The van der Waals surface area contributed by atoms with E-state index in [-0.39, 0.29) is 17.3 Å². The van der Waals surface area contributed by atoms with Gasteiger partial charge in [0.15, 0.2) is 6.29 Å². The minimum absolute atomic E-state index is 0.128. The van der Waals surface area contributed by atoms with E-state index in [1.807, 2.05) is 0 Å². The Bertz CT molecular complexity index is 1460. The molecule has 3 aromatic rings. The second-order valence-corrected chi connectivity index (χ2v) is 13.8. The van der Waals surface area contributed by atoms with Crippen LogP contribution in [0.3, 0.4) is 0 Å². The summed E-state index contributed by atoms with van der Waals surface area (Å²) in [6.07, 6.45) is 1.92. The quantitative estimate of drug-likeness (QED) is 0.194. The topological polar surface area (TPSA) is 101 Å². The van der Waals surface area contributed by atoms with Crippen LogP contribution in [-0.2, 0) is 4.74 Å². The smallest absolute Gasteiger partial charge is 0.414 e. The van der Waals surface area contributed by atoms with Crippen LogP contribution >= 0.6 is 0 Å². The third kappa shape index (κ3) is 7.61. The second kappa shape index (κ2) is 14.1. The zero-order chi connectivity index (χ0) is 33.1. The van der Waals surface area contributed by atoms with Gasteiger partial charge in [-0.25, -0.2) is 9.18 Å². The molecule has 44 heavy (non-hydrogen) atoms. The van der Waals surface area contributed by atoms with Gasteiger partial charge in [0.05, 0.1) is 29.3 Å². The summed E-state index contributed by atoms with van der Waals surface area (Å²) < 4.78 is 26.7. The van der Waals surface area contributed by atoms with Crippen molar-refractivity contribution < 1.29 is 23.5 Å². The number of aldehydes is 1. The number of aromatic amines is 1. The van der Waals surface area contributed by atoms with Gasteiger partial charge in [-0.15, -0.1) is 0 Å². The van der Waals surface area contributed by atoms with Crippen molar-refractivity contribution >= 4 is 45.8 Å². The molecular weight excluding hydrogens is 561 g/mol. The van der Waals surface area contributed by atoms with Crippen LogP contribution in [0.4, 0.5) is 20.7 Å². The minimum atomic E-state index is -0.753. The second-order valence-electron chi connectivity index (χ2n) is 13.8. The average Bonchev–Trinajstić information content (AvgIpc) is 3.34. The number of carbonyl (C=O) groups excluding carboxylic acids is 2. The molecule has 0 aliphatic rings. The summed E-state index contributed by atoms with van der Waals surface area (Å²) in [5, 5.41) is 0.828. The Labute approximate surface area is 261 Å². The Hall–Kier alpha value is -3.43. The van der Waals surface area contributed by atoms with Crippen LogP contribution in [0.15, 0.2) is 6.07 Å². The summed E-state index contributed by atoms with van der Waals surface area (Å²) in [4.78, 5) is 41.4. The highest BCUT2D eigenvalue weighted by Crippen LogP contribution is 2.40. The molecule has 2 aromatic heterocycles. The molecule has 0 bridgehead atoms. The fourth-order valence-electron chi connectivity index (χ4n) is 5.79. The van der Waals surface area contributed by atoms with Gasteiger partial charge in [0.2, 0.25) is 0 Å². The lowest BCUT2D eigenvalue weighted by molar-refractivity contribution is 0.0589. The molecule has 2 heterocycles. The first-order chi connectivity index (χ1) is 20.5. The number of ether oxygens (including phenoxy) is 2. The SMILES string of the molecule is CC[C@H](C)[C@H](C)[C@H](C)[C@H](C)CCN(CC(C)C)c1nc(OC)nc2[nH]c3c(N(C)C(=O)OC(C)(C)C)cc(F)c(C=O)c3c12. The largest absolute Gasteiger partial charge is 0.467 e. The number of anilines is 2. The van der Waals surface area contributed by atoms with Gasteiger partial charge in [0.25, 0.3) is 0 Å². The van der Waals surface area contributed by atoms with Crippen molar-refractivity contribution in [2.45, 2.75) is 87.7 Å². The number of rotatable bonds is 13. The summed E-state index contributed by atoms with van der Waals surface area (Å²) in [7, 11) is 3.01. The van der Waals surface area contributed by atoms with Gasteiger partial charge in [-0.1, -0.05) is 54.9 Å². The van der Waals surface area contributed by atoms with E-state index in [9.17, 15) is 9.59 Å². The van der Waals surface area contributed by atoms with E-state index in [2.05, 4.69) is 63.3 Å². The minimum Gasteiger partial charge on any atom is -0.467 e. The number of methoxy groups -OCH3 is 1. The van der Waals surface area contributed by atoms with Crippen molar-refractivity contribution in [1.29, 1.82) is 0 Å². The molecule has 0 saturated heterocycles. The van der Waals surface area contributed by atoms with E-state index >= 15 is 4.39 Å². The Kier molecular flexibility index (Phi) is 11.2. The molecule has 9 nitrogen and oxygen atoms in total. The van der Waals surface area contributed by atoms with Crippen LogP contribution in [0.5, 0.6) is 6.01 Å². The molecule has 0 saturated carbocycles. The number of H-pyrrole nitrogens is 1. The number of fused-ring (bicyclic) bond motifs is 3. The normalized spacial score (nSPS) is 14.9. The number of amides is 1. The lowest BCUT2D eigenvalue weighted by atomic mass is 9.76. The van der Waals surface area contributed by atoms with E-state index in [1.54, 1.807) is 20.8 Å². The third-order valence-corrected chi connectivity index (χ3v) is 9.00. The molecule has 1 amide bonds. The van der Waals surface area contributed by atoms with Gasteiger partial charge >= 0.3 is 12.1 Å². The van der Waals surface area contributed by atoms with Gasteiger partial charge in [0.1, 0.15) is 22.9 Å². The molecule has 4 atom stereocenters. The van der Waals surface area contributed by atoms with E-state index in [0.717, 1.165) is 12.8 Å². The molecule has 10 heteroatoms.